The summed E-state index contributed by atoms with van der Waals surface area (Å²) in [6, 6.07) is 12.6. The number of thiazole rings is 1. The molecule has 2 aromatic carbocycles. The zero-order valence-corrected chi connectivity index (χ0v) is 15.9. The lowest BCUT2D eigenvalue weighted by Gasteiger charge is -2.09. The molecule has 0 aliphatic carbocycles. The molecule has 0 N–H and O–H groups in total. The summed E-state index contributed by atoms with van der Waals surface area (Å²) in [5, 5.41) is 0. The van der Waals surface area contributed by atoms with Crippen molar-refractivity contribution in [1.82, 2.24) is 4.57 Å². The van der Waals surface area contributed by atoms with Crippen LogP contribution in [0.4, 0.5) is 0 Å². The second-order valence-electron chi connectivity index (χ2n) is 5.47. The van der Waals surface area contributed by atoms with Gasteiger partial charge in [0.2, 0.25) is 0 Å². The summed E-state index contributed by atoms with van der Waals surface area (Å²) in [5.74, 6) is -0.218. The third-order valence-electron chi connectivity index (χ3n) is 3.94. The number of fused-ring (bicyclic) bond motifs is 1. The largest absolute Gasteiger partial charge is 0.496 e. The molecular weight excluding hydrogens is 368 g/mol. The maximum Gasteiger partial charge on any atom is 0.325 e. The van der Waals surface area contributed by atoms with Gasteiger partial charge in [-0.15, -0.1) is 0 Å². The Morgan fingerprint density at radius 1 is 1.00 bits per heavy atom. The number of rotatable bonds is 5. The second kappa shape index (κ2) is 8.05. The van der Waals surface area contributed by atoms with Gasteiger partial charge in [0.25, 0.3) is 5.91 Å². The average Bonchev–Trinajstić information content (AvgIpc) is 3.03. The molecule has 1 amide bonds. The standard InChI is InChI=1S/C19H18N2O5S/c1-24-13-8-6-9-14(25-2)17(13)18(23)20-19-21(11-16(22)26-3)12-7-4-5-10-15(12)27-19/h4-10H,11H2,1-3H3. The molecule has 0 atom stereocenters. The summed E-state index contributed by atoms with van der Waals surface area (Å²) < 4.78 is 17.9. The first-order valence-electron chi connectivity index (χ1n) is 8.04. The quantitative estimate of drug-likeness (QED) is 0.630. The van der Waals surface area contributed by atoms with Gasteiger partial charge < -0.3 is 18.8 Å². The lowest BCUT2D eigenvalue weighted by atomic mass is 10.1. The number of carbonyl (C=O) groups is 2. The van der Waals surface area contributed by atoms with Crippen molar-refractivity contribution in [3.05, 3.63) is 52.8 Å². The van der Waals surface area contributed by atoms with Gasteiger partial charge in [0.05, 0.1) is 31.5 Å². The van der Waals surface area contributed by atoms with E-state index in [1.807, 2.05) is 24.3 Å². The molecule has 1 aromatic heterocycles. The highest BCUT2D eigenvalue weighted by molar-refractivity contribution is 7.16. The van der Waals surface area contributed by atoms with Crippen LogP contribution < -0.4 is 14.3 Å². The molecule has 0 unspecified atom stereocenters. The molecule has 8 heteroatoms. The zero-order chi connectivity index (χ0) is 19.4. The summed E-state index contributed by atoms with van der Waals surface area (Å²) >= 11 is 1.31. The molecule has 0 aliphatic heterocycles. The molecule has 0 saturated heterocycles. The lowest BCUT2D eigenvalue weighted by molar-refractivity contribution is -0.141. The summed E-state index contributed by atoms with van der Waals surface area (Å²) in [6.07, 6.45) is 0. The van der Waals surface area contributed by atoms with Crippen molar-refractivity contribution >= 4 is 33.4 Å². The van der Waals surface area contributed by atoms with E-state index in [0.717, 1.165) is 10.2 Å². The third-order valence-corrected chi connectivity index (χ3v) is 5.00. The van der Waals surface area contributed by atoms with Crippen molar-refractivity contribution in [1.29, 1.82) is 0 Å². The van der Waals surface area contributed by atoms with Crippen molar-refractivity contribution in [2.45, 2.75) is 6.54 Å². The van der Waals surface area contributed by atoms with Gasteiger partial charge in [-0.25, -0.2) is 0 Å². The third kappa shape index (κ3) is 3.70. The number of esters is 1. The van der Waals surface area contributed by atoms with Crippen LogP contribution in [-0.4, -0.2) is 37.8 Å². The first-order valence-corrected chi connectivity index (χ1v) is 8.86. The van der Waals surface area contributed by atoms with Crippen LogP contribution in [0.2, 0.25) is 0 Å². The molecule has 0 spiro atoms. The lowest BCUT2D eigenvalue weighted by Crippen LogP contribution is -2.22. The highest BCUT2D eigenvalue weighted by Gasteiger charge is 2.19. The fourth-order valence-corrected chi connectivity index (χ4v) is 3.69. The van der Waals surface area contributed by atoms with E-state index in [9.17, 15) is 9.59 Å². The number of nitrogens with zero attached hydrogens (tertiary/aromatic N) is 2. The smallest absolute Gasteiger partial charge is 0.325 e. The van der Waals surface area contributed by atoms with Gasteiger partial charge in [-0.1, -0.05) is 29.5 Å². The van der Waals surface area contributed by atoms with Gasteiger partial charge in [0.15, 0.2) is 4.80 Å². The highest BCUT2D eigenvalue weighted by atomic mass is 32.1. The van der Waals surface area contributed by atoms with Crippen LogP contribution >= 0.6 is 11.3 Å². The number of hydrogen-bond acceptors (Lipinski definition) is 6. The average molecular weight is 386 g/mol. The Bertz CT molecular complexity index is 1050. The molecule has 0 fully saturated rings. The van der Waals surface area contributed by atoms with E-state index in [0.29, 0.717) is 16.3 Å². The van der Waals surface area contributed by atoms with Crippen LogP contribution in [0.3, 0.4) is 0 Å². The summed E-state index contributed by atoms with van der Waals surface area (Å²) in [6.45, 7) is -0.0459. The normalized spacial score (nSPS) is 11.4. The van der Waals surface area contributed by atoms with Crippen LogP contribution in [0, 0.1) is 0 Å². The van der Waals surface area contributed by atoms with Crippen molar-refractivity contribution in [2.24, 2.45) is 4.99 Å². The molecule has 27 heavy (non-hydrogen) atoms. The Labute approximate surface area is 159 Å². The molecule has 7 nitrogen and oxygen atoms in total. The van der Waals surface area contributed by atoms with E-state index >= 15 is 0 Å². The number of amides is 1. The van der Waals surface area contributed by atoms with Crippen molar-refractivity contribution in [2.75, 3.05) is 21.3 Å². The predicted molar refractivity (Wildman–Crippen MR) is 101 cm³/mol. The Kier molecular flexibility index (Phi) is 5.56. The molecule has 0 aliphatic rings. The Hall–Kier alpha value is -3.13. The number of para-hydroxylation sites is 1. The molecule has 3 rings (SSSR count). The first-order chi connectivity index (χ1) is 13.1. The maximum atomic E-state index is 12.9. The van der Waals surface area contributed by atoms with E-state index < -0.39 is 11.9 Å². The van der Waals surface area contributed by atoms with E-state index in [-0.39, 0.29) is 12.1 Å². The van der Waals surface area contributed by atoms with E-state index in [4.69, 9.17) is 14.2 Å². The first kappa shape index (κ1) is 18.7. The Balaban J connectivity index is 2.18. The van der Waals surface area contributed by atoms with Crippen LogP contribution in [0.5, 0.6) is 11.5 Å². The van der Waals surface area contributed by atoms with E-state index in [1.165, 1.54) is 32.7 Å². The predicted octanol–water partition coefficient (Wildman–Crippen LogP) is 2.63. The summed E-state index contributed by atoms with van der Waals surface area (Å²) in [7, 11) is 4.27. The monoisotopic (exact) mass is 386 g/mol. The zero-order valence-electron chi connectivity index (χ0n) is 15.1. The summed E-state index contributed by atoms with van der Waals surface area (Å²) in [5.41, 5.74) is 1.02. The number of benzene rings is 2. The fourth-order valence-electron chi connectivity index (χ4n) is 2.66. The van der Waals surface area contributed by atoms with Gasteiger partial charge in [-0.05, 0) is 24.3 Å². The number of carbonyl (C=O) groups excluding carboxylic acids is 2. The highest BCUT2D eigenvalue weighted by Crippen LogP contribution is 2.29. The van der Waals surface area contributed by atoms with Crippen LogP contribution in [-0.2, 0) is 16.1 Å². The van der Waals surface area contributed by atoms with Crippen LogP contribution in [0.1, 0.15) is 10.4 Å². The van der Waals surface area contributed by atoms with Crippen LogP contribution in [0.15, 0.2) is 47.5 Å². The van der Waals surface area contributed by atoms with Crippen molar-refractivity contribution in [3.8, 4) is 11.5 Å². The number of aromatic nitrogens is 1. The maximum absolute atomic E-state index is 12.9. The molecule has 140 valence electrons. The minimum atomic E-state index is -0.519. The molecule has 1 heterocycles. The van der Waals surface area contributed by atoms with E-state index in [2.05, 4.69) is 4.99 Å². The Morgan fingerprint density at radius 2 is 1.67 bits per heavy atom. The van der Waals surface area contributed by atoms with Crippen molar-refractivity contribution < 1.29 is 23.8 Å². The molecule has 0 bridgehead atoms. The van der Waals surface area contributed by atoms with Gasteiger partial charge in [0, 0.05) is 0 Å². The number of ether oxygens (including phenoxy) is 3. The second-order valence-corrected chi connectivity index (χ2v) is 6.48. The van der Waals surface area contributed by atoms with Gasteiger partial charge >= 0.3 is 5.97 Å². The van der Waals surface area contributed by atoms with Gasteiger partial charge in [0.1, 0.15) is 23.6 Å². The summed E-state index contributed by atoms with van der Waals surface area (Å²) in [4.78, 5) is 29.4. The minimum Gasteiger partial charge on any atom is -0.496 e. The number of methoxy groups -OCH3 is 3. The Morgan fingerprint density at radius 3 is 2.30 bits per heavy atom. The molecule has 3 aromatic rings. The number of hydrogen-bond donors (Lipinski definition) is 0. The molecular formula is C19H18N2O5S. The topological polar surface area (TPSA) is 79.1 Å². The van der Waals surface area contributed by atoms with Gasteiger partial charge in [-0.3, -0.25) is 9.59 Å². The molecule has 0 radical (unpaired) electrons. The van der Waals surface area contributed by atoms with Crippen molar-refractivity contribution in [3.63, 3.8) is 0 Å². The SMILES string of the molecule is COC(=O)Cn1c(=NC(=O)c2c(OC)cccc2OC)sc2ccccc21. The van der Waals surface area contributed by atoms with Gasteiger partial charge in [-0.2, -0.15) is 4.99 Å². The van der Waals surface area contributed by atoms with Crippen LogP contribution in [0.25, 0.3) is 10.2 Å². The van der Waals surface area contributed by atoms with E-state index in [1.54, 1.807) is 22.8 Å². The molecule has 0 saturated carbocycles. The fraction of sp³-hybridized carbons (Fsp3) is 0.211. The minimum absolute atomic E-state index is 0.0459.